The van der Waals surface area contributed by atoms with Crippen molar-refractivity contribution in [3.63, 3.8) is 0 Å². The van der Waals surface area contributed by atoms with Crippen LogP contribution in [0.2, 0.25) is 0 Å². The first-order chi connectivity index (χ1) is 9.69. The molecule has 2 aromatic heterocycles. The zero-order valence-corrected chi connectivity index (χ0v) is 11.7. The van der Waals surface area contributed by atoms with E-state index in [-0.39, 0.29) is 11.7 Å². The zero-order valence-electron chi connectivity index (χ0n) is 10.8. The van der Waals surface area contributed by atoms with E-state index in [4.69, 9.17) is 9.15 Å². The number of aromatic nitrogens is 2. The van der Waals surface area contributed by atoms with Crippen LogP contribution in [0.5, 0.6) is 5.75 Å². The Morgan fingerprint density at radius 1 is 1.45 bits per heavy atom. The Labute approximate surface area is 118 Å². The van der Waals surface area contributed by atoms with Crippen LogP contribution in [-0.2, 0) is 0 Å². The SMILES string of the molecule is COc1ccc2oc(C(=O)Nc3nncs3)c(C)c2c1. The number of carbonyl (C=O) groups is 1. The highest BCUT2D eigenvalue weighted by atomic mass is 32.1. The lowest BCUT2D eigenvalue weighted by Gasteiger charge is -1.98. The lowest BCUT2D eigenvalue weighted by molar-refractivity contribution is 0.0998. The lowest BCUT2D eigenvalue weighted by Crippen LogP contribution is -2.11. The molecule has 0 aliphatic heterocycles. The molecule has 0 radical (unpaired) electrons. The summed E-state index contributed by atoms with van der Waals surface area (Å²) < 4.78 is 10.8. The second-order valence-corrected chi connectivity index (χ2v) is 4.95. The molecule has 0 aliphatic carbocycles. The number of carbonyl (C=O) groups excluding carboxylic acids is 1. The van der Waals surface area contributed by atoms with Crippen molar-refractivity contribution in [2.45, 2.75) is 6.92 Å². The third-order valence-electron chi connectivity index (χ3n) is 2.93. The summed E-state index contributed by atoms with van der Waals surface area (Å²) in [7, 11) is 1.60. The van der Waals surface area contributed by atoms with Crippen molar-refractivity contribution in [3.05, 3.63) is 35.0 Å². The van der Waals surface area contributed by atoms with Gasteiger partial charge in [0, 0.05) is 10.9 Å². The van der Waals surface area contributed by atoms with Crippen molar-refractivity contribution in [3.8, 4) is 5.75 Å². The Hall–Kier alpha value is -2.41. The molecule has 0 atom stereocenters. The van der Waals surface area contributed by atoms with Crippen molar-refractivity contribution in [2.24, 2.45) is 0 Å². The van der Waals surface area contributed by atoms with Crippen molar-refractivity contribution < 1.29 is 13.9 Å². The number of anilines is 1. The van der Waals surface area contributed by atoms with E-state index in [1.165, 1.54) is 11.3 Å². The summed E-state index contributed by atoms with van der Waals surface area (Å²) in [6.07, 6.45) is 0. The van der Waals surface area contributed by atoms with Crippen molar-refractivity contribution >= 4 is 33.3 Å². The van der Waals surface area contributed by atoms with Crippen LogP contribution >= 0.6 is 11.3 Å². The van der Waals surface area contributed by atoms with Gasteiger partial charge in [-0.15, -0.1) is 10.2 Å². The maximum absolute atomic E-state index is 12.2. The van der Waals surface area contributed by atoms with Crippen LogP contribution in [-0.4, -0.2) is 23.2 Å². The van der Waals surface area contributed by atoms with Gasteiger partial charge in [-0.25, -0.2) is 0 Å². The summed E-state index contributed by atoms with van der Waals surface area (Å²) in [5.74, 6) is 0.648. The Morgan fingerprint density at radius 2 is 2.30 bits per heavy atom. The van der Waals surface area contributed by atoms with E-state index in [9.17, 15) is 4.79 Å². The van der Waals surface area contributed by atoms with Gasteiger partial charge >= 0.3 is 0 Å². The average Bonchev–Trinajstić information content (AvgIpc) is 3.07. The molecular formula is C13H11N3O3S. The highest BCUT2D eigenvalue weighted by molar-refractivity contribution is 7.13. The minimum atomic E-state index is -0.339. The van der Waals surface area contributed by atoms with Crippen LogP contribution in [0.25, 0.3) is 11.0 Å². The van der Waals surface area contributed by atoms with Gasteiger partial charge in [0.2, 0.25) is 5.13 Å². The van der Waals surface area contributed by atoms with Crippen molar-refractivity contribution in [1.29, 1.82) is 0 Å². The van der Waals surface area contributed by atoms with Crippen LogP contribution in [0.15, 0.2) is 28.1 Å². The first kappa shape index (κ1) is 12.6. The maximum Gasteiger partial charge on any atom is 0.293 e. The van der Waals surface area contributed by atoms with Gasteiger partial charge in [0.05, 0.1) is 7.11 Å². The van der Waals surface area contributed by atoms with E-state index in [2.05, 4.69) is 15.5 Å². The summed E-state index contributed by atoms with van der Waals surface area (Å²) >= 11 is 1.25. The Kier molecular flexibility index (Phi) is 3.11. The van der Waals surface area contributed by atoms with E-state index in [0.29, 0.717) is 10.7 Å². The smallest absolute Gasteiger partial charge is 0.293 e. The molecule has 0 bridgehead atoms. The number of furan rings is 1. The third kappa shape index (κ3) is 2.12. The fourth-order valence-electron chi connectivity index (χ4n) is 1.93. The minimum Gasteiger partial charge on any atom is -0.497 e. The van der Waals surface area contributed by atoms with Gasteiger partial charge in [-0.3, -0.25) is 10.1 Å². The van der Waals surface area contributed by atoms with Crippen LogP contribution in [0, 0.1) is 6.92 Å². The molecule has 0 saturated heterocycles. The van der Waals surface area contributed by atoms with Gasteiger partial charge in [-0.05, 0) is 25.1 Å². The number of amides is 1. The second kappa shape index (κ2) is 4.93. The predicted molar refractivity (Wildman–Crippen MR) is 75.4 cm³/mol. The summed E-state index contributed by atoms with van der Waals surface area (Å²) in [6.45, 7) is 1.83. The topological polar surface area (TPSA) is 77.2 Å². The van der Waals surface area contributed by atoms with E-state index < -0.39 is 0 Å². The number of benzene rings is 1. The minimum absolute atomic E-state index is 0.267. The Morgan fingerprint density at radius 3 is 3.00 bits per heavy atom. The molecule has 0 unspecified atom stereocenters. The Bertz CT molecular complexity index is 765. The number of nitrogens with zero attached hydrogens (tertiary/aromatic N) is 2. The molecule has 102 valence electrons. The zero-order chi connectivity index (χ0) is 14.1. The van der Waals surface area contributed by atoms with Crippen LogP contribution in [0.3, 0.4) is 0 Å². The molecule has 7 heteroatoms. The van der Waals surface area contributed by atoms with Gasteiger partial charge in [-0.1, -0.05) is 11.3 Å². The molecule has 20 heavy (non-hydrogen) atoms. The van der Waals surface area contributed by atoms with Gasteiger partial charge < -0.3 is 9.15 Å². The molecule has 0 saturated carbocycles. The van der Waals surface area contributed by atoms with Crippen LogP contribution in [0.4, 0.5) is 5.13 Å². The van der Waals surface area contributed by atoms with Gasteiger partial charge in [0.25, 0.3) is 5.91 Å². The fraction of sp³-hybridized carbons (Fsp3) is 0.154. The number of hydrogen-bond acceptors (Lipinski definition) is 6. The second-order valence-electron chi connectivity index (χ2n) is 4.12. The lowest BCUT2D eigenvalue weighted by atomic mass is 10.1. The predicted octanol–water partition coefficient (Wildman–Crippen LogP) is 2.85. The molecule has 3 aromatic rings. The monoisotopic (exact) mass is 289 g/mol. The van der Waals surface area contributed by atoms with Crippen molar-refractivity contribution in [2.75, 3.05) is 12.4 Å². The fourth-order valence-corrected chi connectivity index (χ4v) is 2.37. The number of aryl methyl sites for hydroxylation is 1. The quantitative estimate of drug-likeness (QED) is 0.802. The molecule has 2 heterocycles. The molecule has 0 spiro atoms. The van der Waals surface area contributed by atoms with E-state index in [1.807, 2.05) is 13.0 Å². The molecule has 1 N–H and O–H groups in total. The molecule has 0 aliphatic rings. The number of methoxy groups -OCH3 is 1. The highest BCUT2D eigenvalue weighted by Crippen LogP contribution is 2.29. The highest BCUT2D eigenvalue weighted by Gasteiger charge is 2.19. The number of fused-ring (bicyclic) bond motifs is 1. The normalized spacial score (nSPS) is 10.7. The number of rotatable bonds is 3. The van der Waals surface area contributed by atoms with Gasteiger partial charge in [-0.2, -0.15) is 0 Å². The van der Waals surface area contributed by atoms with Crippen LogP contribution < -0.4 is 10.1 Å². The molecule has 3 rings (SSSR count). The number of ether oxygens (including phenoxy) is 1. The summed E-state index contributed by atoms with van der Waals surface area (Å²) in [5, 5.41) is 11.4. The number of hydrogen-bond donors (Lipinski definition) is 1. The molecule has 1 aromatic carbocycles. The standard InChI is InChI=1S/C13H11N3O3S/c1-7-9-5-8(18-2)3-4-10(9)19-11(7)12(17)15-13-16-14-6-20-13/h3-6H,1-2H3,(H,15,16,17). The average molecular weight is 289 g/mol. The largest absolute Gasteiger partial charge is 0.497 e. The maximum atomic E-state index is 12.2. The molecular weight excluding hydrogens is 278 g/mol. The summed E-state index contributed by atoms with van der Waals surface area (Å²) in [6, 6.07) is 5.41. The number of nitrogens with one attached hydrogen (secondary N) is 1. The van der Waals surface area contributed by atoms with Crippen molar-refractivity contribution in [1.82, 2.24) is 10.2 Å². The van der Waals surface area contributed by atoms with Gasteiger partial charge in [0.15, 0.2) is 5.76 Å². The molecule has 0 fully saturated rings. The molecule has 6 nitrogen and oxygen atoms in total. The van der Waals surface area contributed by atoms with Gasteiger partial charge in [0.1, 0.15) is 16.8 Å². The van der Waals surface area contributed by atoms with E-state index in [1.54, 1.807) is 24.8 Å². The summed E-state index contributed by atoms with van der Waals surface area (Å²) in [5.41, 5.74) is 2.96. The Balaban J connectivity index is 1.99. The first-order valence-electron chi connectivity index (χ1n) is 5.83. The third-order valence-corrected chi connectivity index (χ3v) is 3.54. The summed E-state index contributed by atoms with van der Waals surface area (Å²) in [4.78, 5) is 12.2. The van der Waals surface area contributed by atoms with Crippen LogP contribution in [0.1, 0.15) is 16.1 Å². The molecule has 1 amide bonds. The van der Waals surface area contributed by atoms with E-state index in [0.717, 1.165) is 16.7 Å². The van der Waals surface area contributed by atoms with E-state index >= 15 is 0 Å². The first-order valence-corrected chi connectivity index (χ1v) is 6.71.